The number of halogens is 1. The van der Waals surface area contributed by atoms with Crippen LogP contribution in [0.15, 0.2) is 62.4 Å². The average Bonchev–Trinajstić information content (AvgIpc) is 3.32. The molecular formula is C19H18BrN3O3S. The van der Waals surface area contributed by atoms with E-state index in [2.05, 4.69) is 26.1 Å². The van der Waals surface area contributed by atoms with Crippen LogP contribution < -0.4 is 0 Å². The van der Waals surface area contributed by atoms with Gasteiger partial charge in [-0.1, -0.05) is 44.8 Å². The molecule has 2 heterocycles. The van der Waals surface area contributed by atoms with E-state index in [1.54, 1.807) is 24.3 Å². The van der Waals surface area contributed by atoms with Crippen molar-refractivity contribution < 1.29 is 12.9 Å². The molecule has 0 saturated carbocycles. The van der Waals surface area contributed by atoms with Crippen LogP contribution in [0.5, 0.6) is 0 Å². The number of aryl methyl sites for hydroxylation is 1. The SMILES string of the molecule is Cc1cccc(-c2noc([C@H]3CCCN3S(=O)(=O)c3ccc(Br)cc3)n2)c1. The maximum atomic E-state index is 13.1. The van der Waals surface area contributed by atoms with Gasteiger partial charge in [0.1, 0.15) is 6.04 Å². The Morgan fingerprint density at radius 1 is 1.19 bits per heavy atom. The van der Waals surface area contributed by atoms with Crippen LogP contribution in [0.3, 0.4) is 0 Å². The quantitative estimate of drug-likeness (QED) is 0.594. The van der Waals surface area contributed by atoms with Crippen LogP contribution in [-0.2, 0) is 10.0 Å². The molecule has 1 aromatic heterocycles. The van der Waals surface area contributed by atoms with Gasteiger partial charge in [-0.2, -0.15) is 9.29 Å². The highest BCUT2D eigenvalue weighted by atomic mass is 79.9. The molecule has 1 aliphatic rings. The predicted octanol–water partition coefficient (Wildman–Crippen LogP) is 4.33. The lowest BCUT2D eigenvalue weighted by Crippen LogP contribution is -2.30. The minimum Gasteiger partial charge on any atom is -0.337 e. The maximum absolute atomic E-state index is 13.1. The molecule has 140 valence electrons. The molecule has 1 aliphatic heterocycles. The van der Waals surface area contributed by atoms with Crippen LogP contribution in [0.1, 0.15) is 30.3 Å². The summed E-state index contributed by atoms with van der Waals surface area (Å²) in [7, 11) is -3.63. The largest absolute Gasteiger partial charge is 0.337 e. The lowest BCUT2D eigenvalue weighted by molar-refractivity contribution is 0.290. The summed E-state index contributed by atoms with van der Waals surface area (Å²) in [4.78, 5) is 4.74. The van der Waals surface area contributed by atoms with Gasteiger partial charge in [0.05, 0.1) is 4.90 Å². The van der Waals surface area contributed by atoms with E-state index < -0.39 is 16.1 Å². The first-order valence-corrected chi connectivity index (χ1v) is 10.9. The van der Waals surface area contributed by atoms with E-state index in [0.29, 0.717) is 24.7 Å². The summed E-state index contributed by atoms with van der Waals surface area (Å²) < 4.78 is 33.9. The van der Waals surface area contributed by atoms with E-state index in [-0.39, 0.29) is 4.90 Å². The van der Waals surface area contributed by atoms with Crippen molar-refractivity contribution in [1.82, 2.24) is 14.4 Å². The molecule has 1 atom stereocenters. The van der Waals surface area contributed by atoms with Gasteiger partial charge >= 0.3 is 0 Å². The number of nitrogens with zero attached hydrogens (tertiary/aromatic N) is 3. The summed E-state index contributed by atoms with van der Waals surface area (Å²) in [5.74, 6) is 0.811. The molecule has 0 unspecified atom stereocenters. The number of benzene rings is 2. The highest BCUT2D eigenvalue weighted by molar-refractivity contribution is 9.10. The van der Waals surface area contributed by atoms with Gasteiger partial charge in [-0.25, -0.2) is 8.42 Å². The second-order valence-electron chi connectivity index (χ2n) is 6.55. The summed E-state index contributed by atoms with van der Waals surface area (Å²) in [6.45, 7) is 2.43. The Morgan fingerprint density at radius 2 is 1.96 bits per heavy atom. The summed E-state index contributed by atoms with van der Waals surface area (Å²) in [6, 6.07) is 14.0. The van der Waals surface area contributed by atoms with Gasteiger partial charge in [0.2, 0.25) is 21.7 Å². The Kier molecular flexibility index (Phi) is 4.88. The van der Waals surface area contributed by atoms with Crippen molar-refractivity contribution in [2.45, 2.75) is 30.7 Å². The second-order valence-corrected chi connectivity index (χ2v) is 9.36. The molecule has 0 spiro atoms. The Bertz CT molecular complexity index is 1060. The molecule has 6 nitrogen and oxygen atoms in total. The lowest BCUT2D eigenvalue weighted by atomic mass is 10.1. The fraction of sp³-hybridized carbons (Fsp3) is 0.263. The average molecular weight is 448 g/mol. The summed E-state index contributed by atoms with van der Waals surface area (Å²) in [5.41, 5.74) is 1.95. The molecule has 1 fully saturated rings. The zero-order chi connectivity index (χ0) is 19.0. The molecular weight excluding hydrogens is 430 g/mol. The number of hydrogen-bond acceptors (Lipinski definition) is 5. The van der Waals surface area contributed by atoms with Crippen LogP contribution in [0.2, 0.25) is 0 Å². The van der Waals surface area contributed by atoms with Crippen molar-refractivity contribution in [3.8, 4) is 11.4 Å². The van der Waals surface area contributed by atoms with Gasteiger partial charge in [-0.05, 0) is 50.1 Å². The Balaban J connectivity index is 1.65. The van der Waals surface area contributed by atoms with Crippen LogP contribution in [0.25, 0.3) is 11.4 Å². The van der Waals surface area contributed by atoms with E-state index in [1.807, 2.05) is 31.2 Å². The van der Waals surface area contributed by atoms with Gasteiger partial charge in [0.15, 0.2) is 0 Å². The zero-order valence-corrected chi connectivity index (χ0v) is 17.1. The van der Waals surface area contributed by atoms with Crippen molar-refractivity contribution in [2.24, 2.45) is 0 Å². The standard InChI is InChI=1S/C19H18BrN3O3S/c1-13-4-2-5-14(12-13)18-21-19(26-22-18)17-6-3-11-23(17)27(24,25)16-9-7-15(20)8-10-16/h2,4-5,7-10,12,17H,3,6,11H2,1H3/t17-/m1/s1. The van der Waals surface area contributed by atoms with E-state index in [0.717, 1.165) is 22.0 Å². The number of sulfonamides is 1. The summed E-state index contributed by atoms with van der Waals surface area (Å²) in [6.07, 6.45) is 1.41. The molecule has 0 radical (unpaired) electrons. The summed E-state index contributed by atoms with van der Waals surface area (Å²) in [5, 5.41) is 4.06. The monoisotopic (exact) mass is 447 g/mol. The minimum absolute atomic E-state index is 0.260. The smallest absolute Gasteiger partial charge is 0.245 e. The van der Waals surface area contributed by atoms with Crippen molar-refractivity contribution in [1.29, 1.82) is 0 Å². The zero-order valence-electron chi connectivity index (χ0n) is 14.7. The first-order chi connectivity index (χ1) is 12.9. The lowest BCUT2D eigenvalue weighted by Gasteiger charge is -2.21. The fourth-order valence-corrected chi connectivity index (χ4v) is 5.20. The van der Waals surface area contributed by atoms with Crippen LogP contribution in [-0.4, -0.2) is 29.4 Å². The fourth-order valence-electron chi connectivity index (χ4n) is 3.29. The van der Waals surface area contributed by atoms with Crippen molar-refractivity contribution in [3.63, 3.8) is 0 Å². The van der Waals surface area contributed by atoms with Gasteiger partial charge < -0.3 is 4.52 Å². The third kappa shape index (κ3) is 3.56. The van der Waals surface area contributed by atoms with Crippen LogP contribution >= 0.6 is 15.9 Å². The van der Waals surface area contributed by atoms with E-state index in [4.69, 9.17) is 4.52 Å². The third-order valence-corrected chi connectivity index (χ3v) is 7.08. The number of aromatic nitrogens is 2. The second kappa shape index (κ2) is 7.18. The van der Waals surface area contributed by atoms with Crippen molar-refractivity contribution in [2.75, 3.05) is 6.54 Å². The van der Waals surface area contributed by atoms with Crippen molar-refractivity contribution >= 4 is 26.0 Å². The van der Waals surface area contributed by atoms with E-state index >= 15 is 0 Å². The number of hydrogen-bond donors (Lipinski definition) is 0. The molecule has 4 rings (SSSR count). The van der Waals surface area contributed by atoms with Gasteiger partial charge in [0.25, 0.3) is 0 Å². The van der Waals surface area contributed by atoms with E-state index in [1.165, 1.54) is 4.31 Å². The molecule has 1 saturated heterocycles. The highest BCUT2D eigenvalue weighted by Gasteiger charge is 2.39. The number of rotatable bonds is 4. The molecule has 0 aliphatic carbocycles. The molecule has 3 aromatic rings. The highest BCUT2D eigenvalue weighted by Crippen LogP contribution is 2.36. The summed E-state index contributed by atoms with van der Waals surface area (Å²) >= 11 is 3.33. The topological polar surface area (TPSA) is 76.3 Å². The Hall–Kier alpha value is -2.03. The Morgan fingerprint density at radius 3 is 2.70 bits per heavy atom. The maximum Gasteiger partial charge on any atom is 0.245 e. The van der Waals surface area contributed by atoms with Crippen LogP contribution in [0.4, 0.5) is 0 Å². The molecule has 0 amide bonds. The first-order valence-electron chi connectivity index (χ1n) is 8.63. The normalized spacial score (nSPS) is 18.1. The minimum atomic E-state index is -3.63. The Labute approximate surface area is 166 Å². The van der Waals surface area contributed by atoms with E-state index in [9.17, 15) is 8.42 Å². The van der Waals surface area contributed by atoms with Crippen molar-refractivity contribution in [3.05, 3.63) is 64.5 Å². The molecule has 0 N–H and O–H groups in total. The molecule has 0 bridgehead atoms. The molecule has 2 aromatic carbocycles. The van der Waals surface area contributed by atoms with Gasteiger partial charge in [-0.3, -0.25) is 0 Å². The third-order valence-electron chi connectivity index (χ3n) is 4.63. The van der Waals surface area contributed by atoms with Gasteiger partial charge in [-0.15, -0.1) is 0 Å². The van der Waals surface area contributed by atoms with Gasteiger partial charge in [0, 0.05) is 16.6 Å². The predicted molar refractivity (Wildman–Crippen MR) is 104 cm³/mol. The molecule has 27 heavy (non-hydrogen) atoms. The van der Waals surface area contributed by atoms with Crippen LogP contribution in [0, 0.1) is 6.92 Å². The molecule has 8 heteroatoms. The first kappa shape index (κ1) is 18.3.